The maximum absolute atomic E-state index is 12.8. The summed E-state index contributed by atoms with van der Waals surface area (Å²) in [6.07, 6.45) is 3.95. The van der Waals surface area contributed by atoms with Gasteiger partial charge in [0.15, 0.2) is 10.8 Å². The van der Waals surface area contributed by atoms with Gasteiger partial charge in [0.2, 0.25) is 5.91 Å². The van der Waals surface area contributed by atoms with E-state index in [1.54, 1.807) is 0 Å². The van der Waals surface area contributed by atoms with Gasteiger partial charge in [-0.2, -0.15) is 0 Å². The Hall–Kier alpha value is -2.94. The zero-order chi connectivity index (χ0) is 20.8. The minimum Gasteiger partial charge on any atom is -0.348 e. The molecule has 2 aromatic heterocycles. The Bertz CT molecular complexity index is 1250. The third-order valence-electron chi connectivity index (χ3n) is 6.02. The Balaban J connectivity index is 1.47. The Labute approximate surface area is 176 Å². The van der Waals surface area contributed by atoms with Gasteiger partial charge < -0.3 is 10.2 Å². The van der Waals surface area contributed by atoms with E-state index in [4.69, 9.17) is 0 Å². The Morgan fingerprint density at radius 1 is 1.23 bits per heavy atom. The first kappa shape index (κ1) is 19.0. The summed E-state index contributed by atoms with van der Waals surface area (Å²) in [4.78, 5) is 45.0. The number of anilines is 1. The molecule has 1 saturated heterocycles. The number of rotatable bonds is 4. The second kappa shape index (κ2) is 7.39. The SMILES string of the molecule is Cn1c(=O)c2sc(N3CCCC3)nc2n(CC(=O)N[C@@H]2CCc3ccccc32)c1=O. The van der Waals surface area contributed by atoms with Gasteiger partial charge in [-0.1, -0.05) is 35.6 Å². The molecule has 1 aromatic carbocycles. The summed E-state index contributed by atoms with van der Waals surface area (Å²) in [7, 11) is 1.45. The third kappa shape index (κ3) is 3.13. The van der Waals surface area contributed by atoms with Gasteiger partial charge in [0, 0.05) is 20.1 Å². The van der Waals surface area contributed by atoms with Crippen molar-refractivity contribution < 1.29 is 4.79 Å². The molecule has 9 heteroatoms. The van der Waals surface area contributed by atoms with Crippen LogP contribution in [0.2, 0.25) is 0 Å². The van der Waals surface area contributed by atoms with E-state index in [0.29, 0.717) is 10.3 Å². The number of fused-ring (bicyclic) bond motifs is 2. The van der Waals surface area contributed by atoms with Crippen LogP contribution in [0.4, 0.5) is 5.13 Å². The topological polar surface area (TPSA) is 89.2 Å². The van der Waals surface area contributed by atoms with Crippen LogP contribution in [0.25, 0.3) is 10.3 Å². The van der Waals surface area contributed by atoms with Gasteiger partial charge >= 0.3 is 5.69 Å². The van der Waals surface area contributed by atoms with Crippen LogP contribution in [0.15, 0.2) is 33.9 Å². The molecule has 0 saturated carbocycles. The van der Waals surface area contributed by atoms with Crippen LogP contribution >= 0.6 is 11.3 Å². The second-order valence-corrected chi connectivity index (χ2v) is 8.91. The molecule has 3 aromatic rings. The van der Waals surface area contributed by atoms with Gasteiger partial charge in [-0.05, 0) is 36.8 Å². The molecule has 0 radical (unpaired) electrons. The van der Waals surface area contributed by atoms with Crippen LogP contribution in [0.5, 0.6) is 0 Å². The van der Waals surface area contributed by atoms with E-state index in [0.717, 1.165) is 54.0 Å². The summed E-state index contributed by atoms with van der Waals surface area (Å²) in [5, 5.41) is 3.79. The zero-order valence-corrected chi connectivity index (χ0v) is 17.6. The van der Waals surface area contributed by atoms with Crippen LogP contribution in [0.1, 0.15) is 36.4 Å². The number of aryl methyl sites for hydroxylation is 1. The number of hydrogen-bond acceptors (Lipinski definition) is 6. The Morgan fingerprint density at radius 2 is 2.00 bits per heavy atom. The predicted molar refractivity (Wildman–Crippen MR) is 116 cm³/mol. The molecule has 1 fully saturated rings. The predicted octanol–water partition coefficient (Wildman–Crippen LogP) is 1.56. The molecule has 8 nitrogen and oxygen atoms in total. The zero-order valence-electron chi connectivity index (χ0n) is 16.8. The highest BCUT2D eigenvalue weighted by Gasteiger charge is 2.25. The molecule has 0 bridgehead atoms. The van der Waals surface area contributed by atoms with Crippen molar-refractivity contribution in [3.8, 4) is 0 Å². The van der Waals surface area contributed by atoms with Gasteiger partial charge in [-0.3, -0.25) is 18.7 Å². The standard InChI is InChI=1S/C21H23N5O3S/c1-24-19(28)17-18(23-20(30-17)25-10-4-5-11-25)26(21(24)29)12-16(27)22-15-9-8-13-6-2-3-7-14(13)15/h2-3,6-7,15H,4-5,8-12H2,1H3,(H,22,27)/t15-/m1/s1. The van der Waals surface area contributed by atoms with Crippen molar-refractivity contribution in [2.45, 2.75) is 38.3 Å². The number of amides is 1. The summed E-state index contributed by atoms with van der Waals surface area (Å²) in [6, 6.07) is 8.04. The minimum atomic E-state index is -0.521. The van der Waals surface area contributed by atoms with Crippen molar-refractivity contribution in [2.75, 3.05) is 18.0 Å². The largest absolute Gasteiger partial charge is 0.348 e. The maximum Gasteiger partial charge on any atom is 0.332 e. The van der Waals surface area contributed by atoms with Crippen LogP contribution in [0, 0.1) is 0 Å². The van der Waals surface area contributed by atoms with E-state index in [-0.39, 0.29) is 24.1 Å². The Kier molecular flexibility index (Phi) is 4.69. The maximum atomic E-state index is 12.8. The fourth-order valence-corrected chi connectivity index (χ4v) is 5.51. The third-order valence-corrected chi connectivity index (χ3v) is 7.11. The second-order valence-electron chi connectivity index (χ2n) is 7.93. The van der Waals surface area contributed by atoms with E-state index >= 15 is 0 Å². The van der Waals surface area contributed by atoms with Crippen LogP contribution in [-0.2, 0) is 24.8 Å². The monoisotopic (exact) mass is 425 g/mol. The quantitative estimate of drug-likeness (QED) is 0.685. The van der Waals surface area contributed by atoms with Crippen molar-refractivity contribution in [3.63, 3.8) is 0 Å². The molecule has 1 atom stereocenters. The smallest absolute Gasteiger partial charge is 0.332 e. The highest BCUT2D eigenvalue weighted by Crippen LogP contribution is 2.31. The van der Waals surface area contributed by atoms with Crippen molar-refractivity contribution in [2.24, 2.45) is 7.05 Å². The molecule has 0 spiro atoms. The van der Waals surface area contributed by atoms with Gasteiger partial charge in [-0.15, -0.1) is 0 Å². The van der Waals surface area contributed by atoms with Gasteiger partial charge in [0.1, 0.15) is 11.2 Å². The van der Waals surface area contributed by atoms with Crippen molar-refractivity contribution in [1.82, 2.24) is 19.4 Å². The molecular formula is C21H23N5O3S. The molecule has 3 heterocycles. The number of aromatic nitrogens is 3. The number of benzene rings is 1. The summed E-state index contributed by atoms with van der Waals surface area (Å²) in [5.74, 6) is -0.255. The summed E-state index contributed by atoms with van der Waals surface area (Å²) < 4.78 is 2.80. The van der Waals surface area contributed by atoms with E-state index in [1.165, 1.54) is 28.5 Å². The lowest BCUT2D eigenvalue weighted by Crippen LogP contribution is -2.41. The highest BCUT2D eigenvalue weighted by atomic mass is 32.1. The van der Waals surface area contributed by atoms with Gasteiger partial charge in [0.05, 0.1) is 6.04 Å². The Morgan fingerprint density at radius 3 is 2.80 bits per heavy atom. The van der Waals surface area contributed by atoms with Crippen LogP contribution < -0.4 is 21.5 Å². The summed E-state index contributed by atoms with van der Waals surface area (Å²) in [5.41, 5.74) is 1.80. The molecule has 2 aliphatic rings. The average molecular weight is 426 g/mol. The van der Waals surface area contributed by atoms with E-state index in [2.05, 4.69) is 21.3 Å². The molecule has 1 amide bonds. The van der Waals surface area contributed by atoms with E-state index < -0.39 is 5.69 Å². The first-order valence-electron chi connectivity index (χ1n) is 10.3. The molecule has 0 unspecified atom stereocenters. The van der Waals surface area contributed by atoms with E-state index in [9.17, 15) is 14.4 Å². The fraction of sp³-hybridized carbons (Fsp3) is 0.429. The molecule has 1 aliphatic carbocycles. The average Bonchev–Trinajstić information content (AvgIpc) is 3.49. The number of thiazole rings is 1. The lowest BCUT2D eigenvalue weighted by molar-refractivity contribution is -0.122. The minimum absolute atomic E-state index is 0.0528. The van der Waals surface area contributed by atoms with Gasteiger partial charge in [0.25, 0.3) is 5.56 Å². The number of carbonyl (C=O) groups excluding carboxylic acids is 1. The normalized spacial score (nSPS) is 18.2. The van der Waals surface area contributed by atoms with Crippen molar-refractivity contribution in [1.29, 1.82) is 0 Å². The molecule has 1 N–H and O–H groups in total. The van der Waals surface area contributed by atoms with Crippen LogP contribution in [-0.4, -0.2) is 33.1 Å². The summed E-state index contributed by atoms with van der Waals surface area (Å²) >= 11 is 1.30. The molecule has 156 valence electrons. The highest BCUT2D eigenvalue weighted by molar-refractivity contribution is 7.22. The molecule has 30 heavy (non-hydrogen) atoms. The van der Waals surface area contributed by atoms with Crippen molar-refractivity contribution in [3.05, 3.63) is 56.2 Å². The first-order valence-corrected chi connectivity index (χ1v) is 11.1. The number of nitrogens with one attached hydrogen (secondary N) is 1. The van der Waals surface area contributed by atoms with Crippen LogP contribution in [0.3, 0.4) is 0 Å². The van der Waals surface area contributed by atoms with Gasteiger partial charge in [-0.25, -0.2) is 9.78 Å². The number of hydrogen-bond donors (Lipinski definition) is 1. The summed E-state index contributed by atoms with van der Waals surface area (Å²) in [6.45, 7) is 1.63. The fourth-order valence-electron chi connectivity index (χ4n) is 4.41. The lowest BCUT2D eigenvalue weighted by atomic mass is 10.1. The van der Waals surface area contributed by atoms with E-state index in [1.807, 2.05) is 18.2 Å². The number of nitrogens with zero attached hydrogens (tertiary/aromatic N) is 4. The first-order chi connectivity index (χ1) is 14.5. The molecular weight excluding hydrogens is 402 g/mol. The van der Waals surface area contributed by atoms with Crippen molar-refractivity contribution >= 4 is 32.7 Å². The molecule has 1 aliphatic heterocycles. The number of carbonyl (C=O) groups is 1. The molecule has 5 rings (SSSR count). The lowest BCUT2D eigenvalue weighted by Gasteiger charge is -2.15.